The highest BCUT2D eigenvalue weighted by Gasteiger charge is 2.48. The Kier molecular flexibility index (Phi) is 3.74. The summed E-state index contributed by atoms with van der Waals surface area (Å²) in [4.78, 5) is 15.0. The number of ether oxygens (including phenoxy) is 1. The molecule has 1 aromatic rings. The lowest BCUT2D eigenvalue weighted by atomic mass is 10.0. The number of rotatable bonds is 2. The minimum Gasteiger partial charge on any atom is -0.439 e. The van der Waals surface area contributed by atoms with E-state index >= 15 is 0 Å². The maximum atomic E-state index is 13.6. The second-order valence-corrected chi connectivity index (χ2v) is 6.18. The molecule has 2 heterocycles. The standard InChI is InChI=1S/C15H16F4N2O2/c1-20-8-14(23-13(20)22)4-5-21(9-14)7-10-2-3-11(12(16)6-10)15(17,18)19/h2-3,6H,4-5,7-9H2,1H3/t14-/m1/s1. The molecular weight excluding hydrogens is 316 g/mol. The van der Waals surface area contributed by atoms with Gasteiger partial charge in [-0.25, -0.2) is 9.18 Å². The SMILES string of the molecule is CN1C[C@@]2(CCN(Cc3ccc(C(F)(F)F)c(F)c3)C2)OC1=O. The summed E-state index contributed by atoms with van der Waals surface area (Å²) in [6, 6.07) is 2.96. The zero-order valence-corrected chi connectivity index (χ0v) is 12.5. The highest BCUT2D eigenvalue weighted by molar-refractivity contribution is 5.70. The van der Waals surface area contributed by atoms with Crippen molar-refractivity contribution >= 4 is 6.09 Å². The predicted octanol–water partition coefficient (Wildman–Crippen LogP) is 2.87. The molecule has 0 N–H and O–H groups in total. The van der Waals surface area contributed by atoms with E-state index in [9.17, 15) is 22.4 Å². The van der Waals surface area contributed by atoms with E-state index < -0.39 is 23.2 Å². The maximum absolute atomic E-state index is 13.6. The van der Waals surface area contributed by atoms with Crippen LogP contribution in [0.25, 0.3) is 0 Å². The van der Waals surface area contributed by atoms with E-state index in [0.29, 0.717) is 38.2 Å². The molecule has 0 aliphatic carbocycles. The third-order valence-corrected chi connectivity index (χ3v) is 4.28. The minimum absolute atomic E-state index is 0.318. The van der Waals surface area contributed by atoms with Crippen LogP contribution in [0.2, 0.25) is 0 Å². The van der Waals surface area contributed by atoms with E-state index in [1.807, 2.05) is 4.90 Å². The highest BCUT2D eigenvalue weighted by Crippen LogP contribution is 2.34. The van der Waals surface area contributed by atoms with Crippen LogP contribution in [0.1, 0.15) is 17.5 Å². The monoisotopic (exact) mass is 332 g/mol. The van der Waals surface area contributed by atoms with Gasteiger partial charge >= 0.3 is 12.3 Å². The summed E-state index contributed by atoms with van der Waals surface area (Å²) in [5.41, 5.74) is -1.35. The molecular formula is C15H16F4N2O2. The molecule has 1 spiro atoms. The van der Waals surface area contributed by atoms with Gasteiger partial charge in [-0.3, -0.25) is 4.90 Å². The number of likely N-dealkylation sites (tertiary alicyclic amines) is 1. The van der Waals surface area contributed by atoms with Crippen LogP contribution in [0.15, 0.2) is 18.2 Å². The summed E-state index contributed by atoms with van der Waals surface area (Å²) in [5, 5.41) is 0. The molecule has 2 fully saturated rings. The Morgan fingerprint density at radius 2 is 2.04 bits per heavy atom. The second kappa shape index (κ2) is 5.36. The van der Waals surface area contributed by atoms with Crippen molar-refractivity contribution < 1.29 is 27.1 Å². The first-order valence-corrected chi connectivity index (χ1v) is 7.21. The number of hydrogen-bond donors (Lipinski definition) is 0. The maximum Gasteiger partial charge on any atom is 0.419 e. The minimum atomic E-state index is -4.69. The van der Waals surface area contributed by atoms with E-state index in [1.165, 1.54) is 11.0 Å². The van der Waals surface area contributed by atoms with Crippen LogP contribution in [-0.2, 0) is 17.5 Å². The summed E-state index contributed by atoms with van der Waals surface area (Å²) in [5.74, 6) is -1.27. The zero-order valence-electron chi connectivity index (χ0n) is 12.5. The predicted molar refractivity (Wildman–Crippen MR) is 73.1 cm³/mol. The molecule has 1 atom stereocenters. The lowest BCUT2D eigenvalue weighted by Gasteiger charge is -2.22. The number of halogens is 4. The van der Waals surface area contributed by atoms with Gasteiger partial charge in [-0.15, -0.1) is 0 Å². The van der Waals surface area contributed by atoms with Gasteiger partial charge in [0.25, 0.3) is 0 Å². The van der Waals surface area contributed by atoms with Crippen LogP contribution in [0.4, 0.5) is 22.4 Å². The first-order valence-electron chi connectivity index (χ1n) is 7.21. The van der Waals surface area contributed by atoms with Crippen molar-refractivity contribution in [3.8, 4) is 0 Å². The number of carbonyl (C=O) groups is 1. The summed E-state index contributed by atoms with van der Waals surface area (Å²) >= 11 is 0. The van der Waals surface area contributed by atoms with Gasteiger partial charge in [0.1, 0.15) is 11.4 Å². The lowest BCUT2D eigenvalue weighted by Crippen LogP contribution is -2.37. The molecule has 1 aromatic carbocycles. The third kappa shape index (κ3) is 3.12. The van der Waals surface area contributed by atoms with E-state index in [1.54, 1.807) is 7.05 Å². The van der Waals surface area contributed by atoms with Gasteiger partial charge in [-0.2, -0.15) is 13.2 Å². The molecule has 8 heteroatoms. The van der Waals surface area contributed by atoms with Gasteiger partial charge in [0, 0.05) is 33.1 Å². The third-order valence-electron chi connectivity index (χ3n) is 4.28. The molecule has 126 valence electrons. The smallest absolute Gasteiger partial charge is 0.419 e. The van der Waals surface area contributed by atoms with Crippen LogP contribution >= 0.6 is 0 Å². The van der Waals surface area contributed by atoms with Gasteiger partial charge in [0.05, 0.1) is 12.1 Å². The van der Waals surface area contributed by atoms with Crippen molar-refractivity contribution in [3.63, 3.8) is 0 Å². The molecule has 4 nitrogen and oxygen atoms in total. The van der Waals surface area contributed by atoms with Crippen LogP contribution in [0.3, 0.4) is 0 Å². The van der Waals surface area contributed by atoms with Crippen molar-refractivity contribution in [1.82, 2.24) is 9.80 Å². The van der Waals surface area contributed by atoms with Crippen molar-refractivity contribution in [2.45, 2.75) is 24.7 Å². The van der Waals surface area contributed by atoms with Crippen LogP contribution in [-0.4, -0.2) is 48.2 Å². The summed E-state index contributed by atoms with van der Waals surface area (Å²) in [6.45, 7) is 1.94. The molecule has 0 radical (unpaired) electrons. The normalized spacial score (nSPS) is 25.4. The Morgan fingerprint density at radius 3 is 2.61 bits per heavy atom. The number of nitrogens with zero attached hydrogens (tertiary/aromatic N) is 2. The van der Waals surface area contributed by atoms with Gasteiger partial charge in [-0.1, -0.05) is 6.07 Å². The molecule has 2 aliphatic heterocycles. The van der Waals surface area contributed by atoms with Crippen LogP contribution in [0, 0.1) is 5.82 Å². The summed E-state index contributed by atoms with van der Waals surface area (Å²) in [7, 11) is 1.66. The highest BCUT2D eigenvalue weighted by atomic mass is 19.4. The average Bonchev–Trinajstić information content (AvgIpc) is 2.92. The molecule has 2 saturated heterocycles. The molecule has 1 amide bonds. The van der Waals surface area contributed by atoms with E-state index in [0.717, 1.165) is 12.1 Å². The van der Waals surface area contributed by atoms with E-state index in [4.69, 9.17) is 4.74 Å². The number of likely N-dealkylation sites (N-methyl/N-ethyl adjacent to an activating group) is 1. The zero-order chi connectivity index (χ0) is 16.8. The van der Waals surface area contributed by atoms with Crippen molar-refractivity contribution in [2.75, 3.05) is 26.7 Å². The molecule has 0 bridgehead atoms. The number of benzene rings is 1. The van der Waals surface area contributed by atoms with E-state index in [-0.39, 0.29) is 6.09 Å². The van der Waals surface area contributed by atoms with Crippen molar-refractivity contribution in [2.24, 2.45) is 0 Å². The summed E-state index contributed by atoms with van der Waals surface area (Å²) in [6.07, 6.45) is -4.40. The number of carbonyl (C=O) groups excluding carboxylic acids is 1. The van der Waals surface area contributed by atoms with Crippen molar-refractivity contribution in [1.29, 1.82) is 0 Å². The Hall–Kier alpha value is -1.83. The summed E-state index contributed by atoms with van der Waals surface area (Å²) < 4.78 is 56.7. The Bertz CT molecular complexity index is 634. The molecule has 23 heavy (non-hydrogen) atoms. The molecule has 0 unspecified atom stereocenters. The largest absolute Gasteiger partial charge is 0.439 e. The Labute approximate surface area is 130 Å². The van der Waals surface area contributed by atoms with Gasteiger partial charge in [0.15, 0.2) is 0 Å². The lowest BCUT2D eigenvalue weighted by molar-refractivity contribution is -0.140. The molecule has 0 aromatic heterocycles. The molecule has 2 aliphatic rings. The fraction of sp³-hybridized carbons (Fsp3) is 0.533. The fourth-order valence-electron chi connectivity index (χ4n) is 3.21. The van der Waals surface area contributed by atoms with Gasteiger partial charge in [-0.05, 0) is 17.7 Å². The number of amides is 1. The van der Waals surface area contributed by atoms with Crippen LogP contribution in [0.5, 0.6) is 0 Å². The fourth-order valence-corrected chi connectivity index (χ4v) is 3.21. The molecule has 0 saturated carbocycles. The first kappa shape index (κ1) is 16.0. The molecule has 3 rings (SSSR count). The number of hydrogen-bond acceptors (Lipinski definition) is 3. The Balaban J connectivity index is 1.67. The second-order valence-electron chi connectivity index (χ2n) is 6.18. The Morgan fingerprint density at radius 1 is 1.30 bits per heavy atom. The number of alkyl halides is 3. The quantitative estimate of drug-likeness (QED) is 0.781. The topological polar surface area (TPSA) is 32.8 Å². The first-order chi connectivity index (χ1) is 10.7. The van der Waals surface area contributed by atoms with Crippen LogP contribution < -0.4 is 0 Å². The van der Waals surface area contributed by atoms with Crippen molar-refractivity contribution in [3.05, 3.63) is 35.1 Å². The average molecular weight is 332 g/mol. The van der Waals surface area contributed by atoms with E-state index in [2.05, 4.69) is 0 Å². The van der Waals surface area contributed by atoms with Gasteiger partial charge in [0.2, 0.25) is 0 Å². The van der Waals surface area contributed by atoms with Gasteiger partial charge < -0.3 is 9.64 Å².